The van der Waals surface area contributed by atoms with E-state index < -0.39 is 15.7 Å². The molecule has 0 bridgehead atoms. The van der Waals surface area contributed by atoms with E-state index in [0.717, 1.165) is 6.07 Å². The minimum absolute atomic E-state index is 0.0118. The molecule has 114 valence electrons. The molecule has 6 nitrogen and oxygen atoms in total. The summed E-state index contributed by atoms with van der Waals surface area (Å²) in [4.78, 5) is 7.74. The molecule has 3 rings (SSSR count). The van der Waals surface area contributed by atoms with Gasteiger partial charge in [0.15, 0.2) is 5.03 Å². The molecular formula is C14H13FN4O2S. The van der Waals surface area contributed by atoms with Crippen molar-refractivity contribution in [1.29, 1.82) is 0 Å². The van der Waals surface area contributed by atoms with Crippen LogP contribution in [0.2, 0.25) is 0 Å². The van der Waals surface area contributed by atoms with Crippen molar-refractivity contribution in [3.8, 4) is 0 Å². The number of nitrogens with zero attached hydrogens (tertiary/aromatic N) is 2. The lowest BCUT2D eigenvalue weighted by atomic mass is 10.0. The van der Waals surface area contributed by atoms with Crippen LogP contribution >= 0.6 is 0 Å². The van der Waals surface area contributed by atoms with E-state index in [-0.39, 0.29) is 34.4 Å². The molecule has 0 atom stereocenters. The van der Waals surface area contributed by atoms with Crippen LogP contribution in [0.25, 0.3) is 0 Å². The number of benzene rings is 1. The molecule has 1 aliphatic rings. The topological polar surface area (TPSA) is 111 Å². The fraction of sp³-hybridized carbons (Fsp3) is 0.143. The summed E-state index contributed by atoms with van der Waals surface area (Å²) < 4.78 is 38.7. The summed E-state index contributed by atoms with van der Waals surface area (Å²) in [5.74, 6) is -0.495. The SMILES string of the molecule is C=NCc1c(N)nc2c(c1N)Cc1cc(F)ccc1S2(=O)=O. The lowest BCUT2D eigenvalue weighted by Gasteiger charge is -2.22. The van der Waals surface area contributed by atoms with Crippen LogP contribution in [0.1, 0.15) is 16.7 Å². The van der Waals surface area contributed by atoms with Crippen molar-refractivity contribution in [2.45, 2.75) is 22.9 Å². The van der Waals surface area contributed by atoms with Gasteiger partial charge in [-0.2, -0.15) is 0 Å². The number of sulfone groups is 1. The number of hydrogen-bond donors (Lipinski definition) is 2. The molecule has 1 aliphatic heterocycles. The second kappa shape index (κ2) is 4.77. The average molecular weight is 320 g/mol. The van der Waals surface area contributed by atoms with Gasteiger partial charge in [0.1, 0.15) is 11.6 Å². The number of fused-ring (bicyclic) bond motifs is 2. The second-order valence-electron chi connectivity index (χ2n) is 4.99. The number of aliphatic imine (C=N–C) groups is 1. The Hall–Kier alpha value is -2.48. The fourth-order valence-corrected chi connectivity index (χ4v) is 4.25. The number of aromatic nitrogens is 1. The Morgan fingerprint density at radius 3 is 2.77 bits per heavy atom. The molecule has 1 aromatic heterocycles. The Kier molecular flexibility index (Phi) is 3.13. The molecule has 0 fully saturated rings. The molecular weight excluding hydrogens is 307 g/mol. The van der Waals surface area contributed by atoms with Gasteiger partial charge in [-0.05, 0) is 30.5 Å². The third kappa shape index (κ3) is 1.95. The van der Waals surface area contributed by atoms with E-state index in [2.05, 4.69) is 16.7 Å². The molecule has 2 heterocycles. The fourth-order valence-electron chi connectivity index (χ4n) is 2.59. The molecule has 2 aromatic rings. The van der Waals surface area contributed by atoms with Gasteiger partial charge in [0.05, 0.1) is 11.4 Å². The van der Waals surface area contributed by atoms with Crippen LogP contribution < -0.4 is 11.5 Å². The number of halogens is 1. The standard InChI is InChI=1S/C14H13FN4O2S/c1-18-6-10-12(16)9-5-7-4-8(15)2-3-11(7)22(20,21)14(9)19-13(10)17/h2-4H,1,5-6H2,(H4,16,17,19). The summed E-state index contributed by atoms with van der Waals surface area (Å²) in [5, 5.41) is -0.172. The van der Waals surface area contributed by atoms with Gasteiger partial charge in [0.2, 0.25) is 9.84 Å². The summed E-state index contributed by atoms with van der Waals surface area (Å²) in [6.45, 7) is 3.50. The molecule has 8 heteroatoms. The van der Waals surface area contributed by atoms with Crippen LogP contribution in [0.15, 0.2) is 33.1 Å². The number of pyridine rings is 1. The minimum atomic E-state index is -3.88. The third-order valence-corrected chi connectivity index (χ3v) is 5.47. The number of anilines is 2. The van der Waals surface area contributed by atoms with Gasteiger partial charge in [-0.25, -0.2) is 17.8 Å². The quantitative estimate of drug-likeness (QED) is 0.546. The largest absolute Gasteiger partial charge is 0.398 e. The molecule has 0 saturated carbocycles. The van der Waals surface area contributed by atoms with Crippen molar-refractivity contribution >= 4 is 28.1 Å². The summed E-state index contributed by atoms with van der Waals surface area (Å²) in [5.41, 5.74) is 13.2. The first-order valence-electron chi connectivity index (χ1n) is 6.39. The van der Waals surface area contributed by atoms with Crippen LogP contribution in [-0.4, -0.2) is 20.1 Å². The normalized spacial score (nSPS) is 15.0. The Balaban J connectivity index is 2.33. The Morgan fingerprint density at radius 2 is 2.09 bits per heavy atom. The van der Waals surface area contributed by atoms with E-state index in [1.807, 2.05) is 0 Å². The predicted molar refractivity (Wildman–Crippen MR) is 81.0 cm³/mol. The van der Waals surface area contributed by atoms with Crippen molar-refractivity contribution in [3.05, 3.63) is 40.7 Å². The molecule has 4 N–H and O–H groups in total. The van der Waals surface area contributed by atoms with Gasteiger partial charge in [-0.1, -0.05) is 0 Å². The summed E-state index contributed by atoms with van der Waals surface area (Å²) in [6, 6.07) is 3.53. The highest BCUT2D eigenvalue weighted by atomic mass is 32.2. The minimum Gasteiger partial charge on any atom is -0.398 e. The van der Waals surface area contributed by atoms with E-state index in [4.69, 9.17) is 11.5 Å². The molecule has 0 aliphatic carbocycles. The highest BCUT2D eigenvalue weighted by molar-refractivity contribution is 7.91. The van der Waals surface area contributed by atoms with Gasteiger partial charge < -0.3 is 11.5 Å². The molecule has 22 heavy (non-hydrogen) atoms. The summed E-state index contributed by atoms with van der Waals surface area (Å²) in [6.07, 6.45) is 0.172. The summed E-state index contributed by atoms with van der Waals surface area (Å²) in [7, 11) is -3.88. The highest BCUT2D eigenvalue weighted by Gasteiger charge is 2.34. The average Bonchev–Trinajstić information content (AvgIpc) is 2.45. The van der Waals surface area contributed by atoms with Crippen LogP contribution in [0, 0.1) is 5.82 Å². The number of nitrogens with two attached hydrogens (primary N) is 2. The van der Waals surface area contributed by atoms with Crippen molar-refractivity contribution in [3.63, 3.8) is 0 Å². The zero-order valence-electron chi connectivity index (χ0n) is 11.5. The Labute approximate surface area is 126 Å². The number of nitrogen functional groups attached to an aromatic ring is 2. The maximum absolute atomic E-state index is 13.4. The van der Waals surface area contributed by atoms with E-state index in [0.29, 0.717) is 16.7 Å². The Bertz CT molecular complexity index is 910. The number of rotatable bonds is 2. The molecule has 0 spiro atoms. The Morgan fingerprint density at radius 1 is 1.36 bits per heavy atom. The molecule has 0 saturated heterocycles. The summed E-state index contributed by atoms with van der Waals surface area (Å²) >= 11 is 0. The highest BCUT2D eigenvalue weighted by Crippen LogP contribution is 2.38. The maximum atomic E-state index is 13.4. The predicted octanol–water partition coefficient (Wildman–Crippen LogP) is 1.32. The van der Waals surface area contributed by atoms with Crippen molar-refractivity contribution in [1.82, 2.24) is 4.98 Å². The third-order valence-electron chi connectivity index (χ3n) is 3.64. The van der Waals surface area contributed by atoms with Gasteiger partial charge in [-0.15, -0.1) is 0 Å². The molecule has 0 radical (unpaired) electrons. The van der Waals surface area contributed by atoms with E-state index >= 15 is 0 Å². The monoisotopic (exact) mass is 320 g/mol. The van der Waals surface area contributed by atoms with Crippen molar-refractivity contribution < 1.29 is 12.8 Å². The first-order chi connectivity index (χ1) is 10.4. The van der Waals surface area contributed by atoms with Crippen LogP contribution in [-0.2, 0) is 22.8 Å². The van der Waals surface area contributed by atoms with Crippen LogP contribution in [0.4, 0.5) is 15.9 Å². The van der Waals surface area contributed by atoms with Gasteiger partial charge in [0.25, 0.3) is 0 Å². The smallest absolute Gasteiger partial charge is 0.224 e. The van der Waals surface area contributed by atoms with E-state index in [9.17, 15) is 12.8 Å². The van der Waals surface area contributed by atoms with Gasteiger partial charge in [0, 0.05) is 23.2 Å². The zero-order valence-corrected chi connectivity index (χ0v) is 12.3. The molecule has 0 amide bonds. The van der Waals surface area contributed by atoms with Crippen LogP contribution in [0.5, 0.6) is 0 Å². The lowest BCUT2D eigenvalue weighted by molar-refractivity contribution is 0.584. The zero-order chi connectivity index (χ0) is 16.1. The second-order valence-corrected chi connectivity index (χ2v) is 6.82. The first-order valence-corrected chi connectivity index (χ1v) is 7.87. The van der Waals surface area contributed by atoms with Crippen molar-refractivity contribution in [2.24, 2.45) is 4.99 Å². The van der Waals surface area contributed by atoms with E-state index in [1.54, 1.807) is 0 Å². The lowest BCUT2D eigenvalue weighted by Crippen LogP contribution is -2.20. The van der Waals surface area contributed by atoms with Crippen LogP contribution in [0.3, 0.4) is 0 Å². The van der Waals surface area contributed by atoms with Gasteiger partial charge in [-0.3, -0.25) is 4.99 Å². The maximum Gasteiger partial charge on any atom is 0.224 e. The van der Waals surface area contributed by atoms with E-state index in [1.165, 1.54) is 12.1 Å². The van der Waals surface area contributed by atoms with Crippen molar-refractivity contribution in [2.75, 3.05) is 11.5 Å². The number of hydrogen-bond acceptors (Lipinski definition) is 6. The molecule has 1 aromatic carbocycles. The van der Waals surface area contributed by atoms with Gasteiger partial charge >= 0.3 is 0 Å². The molecule has 0 unspecified atom stereocenters. The first kappa shape index (κ1) is 14.5.